The summed E-state index contributed by atoms with van der Waals surface area (Å²) in [5.74, 6) is 0.487. The van der Waals surface area contributed by atoms with Crippen LogP contribution in [0.2, 0.25) is 0 Å². The second-order valence-electron chi connectivity index (χ2n) is 6.69. The molecule has 1 aromatic heterocycles. The molecule has 1 fully saturated rings. The lowest BCUT2D eigenvalue weighted by atomic mass is 9.84. The summed E-state index contributed by atoms with van der Waals surface area (Å²) in [4.78, 5) is 14.9. The van der Waals surface area contributed by atoms with Crippen molar-refractivity contribution in [1.82, 2.24) is 30.4 Å². The zero-order valence-electron chi connectivity index (χ0n) is 14.2. The summed E-state index contributed by atoms with van der Waals surface area (Å²) in [6.07, 6.45) is 6.18. The lowest BCUT2D eigenvalue weighted by Crippen LogP contribution is -2.45. The van der Waals surface area contributed by atoms with Crippen LogP contribution in [0, 0.1) is 5.92 Å². The average Bonchev–Trinajstić information content (AvgIpc) is 3.11. The first kappa shape index (κ1) is 16.6. The van der Waals surface area contributed by atoms with Gasteiger partial charge in [0.15, 0.2) is 0 Å². The number of hydrogen-bond donors (Lipinski definition) is 1. The topological polar surface area (TPSA) is 75.9 Å². The number of nitrogens with zero attached hydrogens (tertiary/aromatic N) is 5. The molecule has 7 nitrogen and oxygen atoms in total. The molecule has 1 aliphatic rings. The number of amides is 1. The van der Waals surface area contributed by atoms with E-state index in [0.29, 0.717) is 11.5 Å². The van der Waals surface area contributed by atoms with Crippen LogP contribution in [0.15, 0.2) is 30.6 Å². The van der Waals surface area contributed by atoms with Gasteiger partial charge in [-0.25, -0.2) is 4.68 Å². The van der Waals surface area contributed by atoms with Crippen molar-refractivity contribution in [3.63, 3.8) is 0 Å². The van der Waals surface area contributed by atoms with E-state index in [0.717, 1.165) is 18.7 Å². The van der Waals surface area contributed by atoms with E-state index in [1.807, 2.05) is 24.3 Å². The minimum Gasteiger partial charge on any atom is -0.349 e. The van der Waals surface area contributed by atoms with Crippen LogP contribution >= 0.6 is 0 Å². The molecule has 0 aliphatic heterocycles. The van der Waals surface area contributed by atoms with Crippen molar-refractivity contribution in [2.24, 2.45) is 5.92 Å². The van der Waals surface area contributed by atoms with Gasteiger partial charge in [0.1, 0.15) is 6.33 Å². The van der Waals surface area contributed by atoms with Crippen LogP contribution in [0.3, 0.4) is 0 Å². The standard InChI is InChI=1S/C17H24N6O/c1-22(2)11-14-6-3-4-9-16(14)19-17(24)13-7-5-8-15(10-13)23-12-18-20-21-23/h5,7-8,10,12,14,16H,3-4,6,9,11H2,1-2H3,(H,19,24). The normalized spacial score (nSPS) is 21.0. The first-order chi connectivity index (χ1) is 11.6. The van der Waals surface area contributed by atoms with Crippen LogP contribution in [0.1, 0.15) is 36.0 Å². The molecule has 1 heterocycles. The van der Waals surface area contributed by atoms with E-state index < -0.39 is 0 Å². The van der Waals surface area contributed by atoms with Crippen molar-refractivity contribution >= 4 is 5.91 Å². The summed E-state index contributed by atoms with van der Waals surface area (Å²) in [6.45, 7) is 1.01. The zero-order valence-corrected chi connectivity index (χ0v) is 14.2. The van der Waals surface area contributed by atoms with Gasteiger partial charge in [-0.15, -0.1) is 5.10 Å². The number of nitrogens with one attached hydrogen (secondary N) is 1. The van der Waals surface area contributed by atoms with Gasteiger partial charge < -0.3 is 10.2 Å². The largest absolute Gasteiger partial charge is 0.349 e. The molecule has 1 amide bonds. The van der Waals surface area contributed by atoms with Gasteiger partial charge >= 0.3 is 0 Å². The molecule has 1 saturated carbocycles. The molecule has 2 atom stereocenters. The van der Waals surface area contributed by atoms with Gasteiger partial charge in [-0.3, -0.25) is 4.79 Å². The minimum atomic E-state index is -0.0272. The van der Waals surface area contributed by atoms with E-state index in [-0.39, 0.29) is 11.9 Å². The Morgan fingerprint density at radius 2 is 2.17 bits per heavy atom. The monoisotopic (exact) mass is 328 g/mol. The van der Waals surface area contributed by atoms with E-state index in [1.54, 1.807) is 4.68 Å². The Labute approximate surface area is 142 Å². The molecule has 128 valence electrons. The van der Waals surface area contributed by atoms with Crippen molar-refractivity contribution in [3.05, 3.63) is 36.2 Å². The summed E-state index contributed by atoms with van der Waals surface area (Å²) < 4.78 is 1.55. The predicted octanol–water partition coefficient (Wildman–Crippen LogP) is 1.51. The number of tetrazole rings is 1. The average molecular weight is 328 g/mol. The summed E-state index contributed by atoms with van der Waals surface area (Å²) in [5.41, 5.74) is 1.42. The van der Waals surface area contributed by atoms with Crippen molar-refractivity contribution in [1.29, 1.82) is 0 Å². The minimum absolute atomic E-state index is 0.0272. The molecule has 0 radical (unpaired) electrons. The summed E-state index contributed by atoms with van der Waals surface area (Å²) >= 11 is 0. The Morgan fingerprint density at radius 3 is 2.92 bits per heavy atom. The Kier molecular flexibility index (Phi) is 5.20. The lowest BCUT2D eigenvalue weighted by molar-refractivity contribution is 0.0895. The van der Waals surface area contributed by atoms with Crippen molar-refractivity contribution in [3.8, 4) is 5.69 Å². The smallest absolute Gasteiger partial charge is 0.251 e. The Morgan fingerprint density at radius 1 is 1.33 bits per heavy atom. The van der Waals surface area contributed by atoms with Gasteiger partial charge in [0.2, 0.25) is 0 Å². The fourth-order valence-corrected chi connectivity index (χ4v) is 3.41. The molecule has 7 heteroatoms. The molecule has 2 unspecified atom stereocenters. The van der Waals surface area contributed by atoms with E-state index >= 15 is 0 Å². The molecule has 24 heavy (non-hydrogen) atoms. The molecule has 0 bridgehead atoms. The number of benzene rings is 1. The van der Waals surface area contributed by atoms with Crippen LogP contribution in [0.4, 0.5) is 0 Å². The predicted molar refractivity (Wildman–Crippen MR) is 90.9 cm³/mol. The zero-order chi connectivity index (χ0) is 16.9. The molecule has 0 spiro atoms. The maximum absolute atomic E-state index is 12.7. The van der Waals surface area contributed by atoms with Gasteiger partial charge in [-0.05, 0) is 61.5 Å². The van der Waals surface area contributed by atoms with Crippen LogP contribution < -0.4 is 5.32 Å². The van der Waals surface area contributed by atoms with Gasteiger partial charge in [0.05, 0.1) is 5.69 Å². The van der Waals surface area contributed by atoms with Crippen molar-refractivity contribution in [2.45, 2.75) is 31.7 Å². The number of carbonyl (C=O) groups excluding carboxylic acids is 1. The number of rotatable bonds is 5. The van der Waals surface area contributed by atoms with E-state index in [1.165, 1.54) is 25.6 Å². The number of aromatic nitrogens is 4. The fraction of sp³-hybridized carbons (Fsp3) is 0.529. The van der Waals surface area contributed by atoms with Crippen LogP contribution in [-0.2, 0) is 0 Å². The van der Waals surface area contributed by atoms with Gasteiger partial charge in [0.25, 0.3) is 5.91 Å². The SMILES string of the molecule is CN(C)CC1CCCCC1NC(=O)c1cccc(-n2cnnn2)c1. The third-order valence-corrected chi connectivity index (χ3v) is 4.55. The highest BCUT2D eigenvalue weighted by Gasteiger charge is 2.27. The molecule has 1 N–H and O–H groups in total. The third-order valence-electron chi connectivity index (χ3n) is 4.55. The molecule has 1 aromatic carbocycles. The molecule has 1 aliphatic carbocycles. The number of carbonyl (C=O) groups is 1. The molecule has 0 saturated heterocycles. The van der Waals surface area contributed by atoms with Gasteiger partial charge in [-0.2, -0.15) is 0 Å². The van der Waals surface area contributed by atoms with Gasteiger partial charge in [-0.1, -0.05) is 18.9 Å². The summed E-state index contributed by atoms with van der Waals surface area (Å²) in [7, 11) is 4.17. The van der Waals surface area contributed by atoms with Crippen LogP contribution in [-0.4, -0.2) is 57.7 Å². The summed E-state index contributed by atoms with van der Waals surface area (Å²) in [5, 5.41) is 14.4. The Balaban J connectivity index is 1.71. The van der Waals surface area contributed by atoms with E-state index in [9.17, 15) is 4.79 Å². The molecular weight excluding hydrogens is 304 g/mol. The van der Waals surface area contributed by atoms with Crippen molar-refractivity contribution < 1.29 is 4.79 Å². The van der Waals surface area contributed by atoms with Crippen molar-refractivity contribution in [2.75, 3.05) is 20.6 Å². The molecule has 3 rings (SSSR count). The molecular formula is C17H24N6O. The maximum atomic E-state index is 12.7. The first-order valence-electron chi connectivity index (χ1n) is 8.42. The van der Waals surface area contributed by atoms with E-state index in [2.05, 4.69) is 39.8 Å². The van der Waals surface area contributed by atoms with Crippen LogP contribution in [0.5, 0.6) is 0 Å². The third kappa shape index (κ3) is 3.97. The second-order valence-corrected chi connectivity index (χ2v) is 6.69. The highest BCUT2D eigenvalue weighted by molar-refractivity contribution is 5.94. The highest BCUT2D eigenvalue weighted by atomic mass is 16.1. The molecule has 2 aromatic rings. The fourth-order valence-electron chi connectivity index (χ4n) is 3.41. The Hall–Kier alpha value is -2.28. The first-order valence-corrected chi connectivity index (χ1v) is 8.42. The van der Waals surface area contributed by atoms with Gasteiger partial charge in [0, 0.05) is 18.2 Å². The Bertz CT molecular complexity index is 669. The van der Waals surface area contributed by atoms with E-state index in [4.69, 9.17) is 0 Å². The quantitative estimate of drug-likeness (QED) is 0.900. The van der Waals surface area contributed by atoms with Crippen LogP contribution in [0.25, 0.3) is 5.69 Å². The number of hydrogen-bond acceptors (Lipinski definition) is 5. The lowest BCUT2D eigenvalue weighted by Gasteiger charge is -2.34. The summed E-state index contributed by atoms with van der Waals surface area (Å²) in [6, 6.07) is 7.61. The second kappa shape index (κ2) is 7.53. The highest BCUT2D eigenvalue weighted by Crippen LogP contribution is 2.25. The maximum Gasteiger partial charge on any atom is 0.251 e.